The zero-order valence-electron chi connectivity index (χ0n) is 17.4. The minimum Gasteiger partial charge on any atom is -0.383 e. The Balaban J connectivity index is 1.84. The zero-order chi connectivity index (χ0) is 21.8. The van der Waals surface area contributed by atoms with Crippen molar-refractivity contribution in [3.63, 3.8) is 0 Å². The SMILES string of the molecule is Cc1ccc(CCC(=O)N(C)c2c(N)n(Cc3ccccc3)c(=O)[nH]c2=O)c(C)c1. The first-order valence-electron chi connectivity index (χ1n) is 9.77. The standard InChI is InChI=1S/C23H26N4O3/c1-15-9-10-18(16(2)13-15)11-12-19(28)26(3)20-21(24)27(23(30)25-22(20)29)14-17-7-5-4-6-8-17/h4-10,13H,11-12,14,24H2,1-3H3,(H,25,29,30). The van der Waals surface area contributed by atoms with Crippen molar-refractivity contribution in [2.24, 2.45) is 0 Å². The smallest absolute Gasteiger partial charge is 0.330 e. The summed E-state index contributed by atoms with van der Waals surface area (Å²) in [7, 11) is 1.50. The van der Waals surface area contributed by atoms with Crippen molar-refractivity contribution in [2.75, 3.05) is 17.7 Å². The van der Waals surface area contributed by atoms with Crippen LogP contribution in [0.5, 0.6) is 0 Å². The Kier molecular flexibility index (Phi) is 6.20. The number of nitrogen functional groups attached to an aromatic ring is 1. The van der Waals surface area contributed by atoms with Gasteiger partial charge in [0.25, 0.3) is 5.56 Å². The number of aromatic amines is 1. The van der Waals surface area contributed by atoms with Crippen LogP contribution in [0, 0.1) is 13.8 Å². The second-order valence-corrected chi connectivity index (χ2v) is 7.45. The highest BCUT2D eigenvalue weighted by Crippen LogP contribution is 2.19. The third kappa shape index (κ3) is 4.51. The van der Waals surface area contributed by atoms with Crippen LogP contribution < -0.4 is 21.9 Å². The Hall–Kier alpha value is -3.61. The van der Waals surface area contributed by atoms with E-state index in [4.69, 9.17) is 5.73 Å². The maximum absolute atomic E-state index is 12.8. The minimum atomic E-state index is -0.677. The molecule has 0 aliphatic heterocycles. The summed E-state index contributed by atoms with van der Waals surface area (Å²) in [6, 6.07) is 15.4. The summed E-state index contributed by atoms with van der Waals surface area (Å²) in [6.07, 6.45) is 0.772. The monoisotopic (exact) mass is 406 g/mol. The van der Waals surface area contributed by atoms with E-state index < -0.39 is 11.2 Å². The van der Waals surface area contributed by atoms with E-state index in [0.29, 0.717) is 6.42 Å². The first-order valence-corrected chi connectivity index (χ1v) is 9.77. The summed E-state index contributed by atoms with van der Waals surface area (Å²) in [4.78, 5) is 41.0. The summed E-state index contributed by atoms with van der Waals surface area (Å²) < 4.78 is 1.26. The van der Waals surface area contributed by atoms with Gasteiger partial charge in [0.1, 0.15) is 5.82 Å². The third-order valence-corrected chi connectivity index (χ3v) is 5.21. The van der Waals surface area contributed by atoms with Gasteiger partial charge >= 0.3 is 5.69 Å². The number of nitrogens with one attached hydrogen (secondary N) is 1. The summed E-state index contributed by atoms with van der Waals surface area (Å²) in [5.41, 5.74) is 9.09. The second-order valence-electron chi connectivity index (χ2n) is 7.45. The topological polar surface area (TPSA) is 101 Å². The van der Waals surface area contributed by atoms with Crippen molar-refractivity contribution in [3.05, 3.63) is 91.6 Å². The fourth-order valence-electron chi connectivity index (χ4n) is 3.48. The maximum atomic E-state index is 12.8. The lowest BCUT2D eigenvalue weighted by Crippen LogP contribution is -2.39. The molecule has 3 rings (SSSR count). The normalized spacial score (nSPS) is 10.8. The highest BCUT2D eigenvalue weighted by molar-refractivity contribution is 5.95. The quantitative estimate of drug-likeness (QED) is 0.656. The van der Waals surface area contributed by atoms with Crippen molar-refractivity contribution in [1.29, 1.82) is 0 Å². The fraction of sp³-hybridized carbons (Fsp3) is 0.261. The molecule has 7 heteroatoms. The molecule has 2 aromatic carbocycles. The fourth-order valence-corrected chi connectivity index (χ4v) is 3.48. The van der Waals surface area contributed by atoms with Gasteiger partial charge in [-0.3, -0.25) is 19.1 Å². The molecular weight excluding hydrogens is 380 g/mol. The van der Waals surface area contributed by atoms with Crippen LogP contribution in [0.1, 0.15) is 28.7 Å². The van der Waals surface area contributed by atoms with E-state index in [1.807, 2.05) is 56.3 Å². The van der Waals surface area contributed by atoms with E-state index in [9.17, 15) is 14.4 Å². The van der Waals surface area contributed by atoms with Gasteiger partial charge in [0.15, 0.2) is 5.69 Å². The van der Waals surface area contributed by atoms with Crippen molar-refractivity contribution in [3.8, 4) is 0 Å². The average Bonchev–Trinajstić information content (AvgIpc) is 2.70. The molecule has 0 fully saturated rings. The molecule has 1 aromatic heterocycles. The molecule has 156 valence electrons. The first-order chi connectivity index (χ1) is 14.3. The molecular formula is C23H26N4O3. The molecule has 30 heavy (non-hydrogen) atoms. The number of rotatable bonds is 6. The Morgan fingerprint density at radius 1 is 1.10 bits per heavy atom. The number of carbonyl (C=O) groups excluding carboxylic acids is 1. The number of H-pyrrole nitrogens is 1. The van der Waals surface area contributed by atoms with Gasteiger partial charge in [-0.2, -0.15) is 0 Å². The highest BCUT2D eigenvalue weighted by atomic mass is 16.2. The number of aryl methyl sites for hydroxylation is 3. The van der Waals surface area contributed by atoms with E-state index in [0.717, 1.165) is 16.7 Å². The number of nitrogens with zero attached hydrogens (tertiary/aromatic N) is 2. The number of nitrogens with two attached hydrogens (primary N) is 1. The van der Waals surface area contributed by atoms with Gasteiger partial charge in [-0.1, -0.05) is 54.1 Å². The number of amides is 1. The van der Waals surface area contributed by atoms with Gasteiger partial charge in [-0.15, -0.1) is 0 Å². The molecule has 0 saturated heterocycles. The summed E-state index contributed by atoms with van der Waals surface area (Å²) in [6.45, 7) is 4.23. The number of anilines is 2. The first kappa shape index (κ1) is 21.1. The maximum Gasteiger partial charge on any atom is 0.330 e. The van der Waals surface area contributed by atoms with E-state index >= 15 is 0 Å². The van der Waals surface area contributed by atoms with Crippen LogP contribution in [-0.4, -0.2) is 22.5 Å². The lowest BCUT2D eigenvalue weighted by molar-refractivity contribution is -0.118. The molecule has 0 bridgehead atoms. The number of hydrogen-bond acceptors (Lipinski definition) is 4. The van der Waals surface area contributed by atoms with E-state index in [1.54, 1.807) is 0 Å². The number of aromatic nitrogens is 2. The molecule has 0 saturated carbocycles. The van der Waals surface area contributed by atoms with Gasteiger partial charge in [0.2, 0.25) is 5.91 Å². The van der Waals surface area contributed by atoms with Crippen molar-refractivity contribution in [2.45, 2.75) is 33.2 Å². The minimum absolute atomic E-state index is 0.0174. The third-order valence-electron chi connectivity index (χ3n) is 5.21. The van der Waals surface area contributed by atoms with Gasteiger partial charge in [0.05, 0.1) is 6.54 Å². The Bertz CT molecular complexity index is 1180. The van der Waals surface area contributed by atoms with Gasteiger partial charge < -0.3 is 10.6 Å². The molecule has 1 amide bonds. The van der Waals surface area contributed by atoms with Crippen LogP contribution in [-0.2, 0) is 17.8 Å². The molecule has 7 nitrogen and oxygen atoms in total. The van der Waals surface area contributed by atoms with Crippen molar-refractivity contribution < 1.29 is 4.79 Å². The average molecular weight is 406 g/mol. The number of hydrogen-bond donors (Lipinski definition) is 2. The Labute approximate surface area is 174 Å². The van der Waals surface area contributed by atoms with E-state index in [2.05, 4.69) is 11.1 Å². The van der Waals surface area contributed by atoms with Crippen LogP contribution in [0.15, 0.2) is 58.1 Å². The zero-order valence-corrected chi connectivity index (χ0v) is 17.4. The number of benzene rings is 2. The number of carbonyl (C=O) groups is 1. The Morgan fingerprint density at radius 3 is 2.47 bits per heavy atom. The van der Waals surface area contributed by atoms with Crippen LogP contribution in [0.4, 0.5) is 11.5 Å². The summed E-state index contributed by atoms with van der Waals surface area (Å²) >= 11 is 0. The van der Waals surface area contributed by atoms with Crippen LogP contribution in [0.3, 0.4) is 0 Å². The van der Waals surface area contributed by atoms with E-state index in [1.165, 1.54) is 22.1 Å². The Morgan fingerprint density at radius 2 is 1.80 bits per heavy atom. The molecule has 0 unspecified atom stereocenters. The molecule has 0 atom stereocenters. The van der Waals surface area contributed by atoms with Crippen molar-refractivity contribution >= 4 is 17.4 Å². The van der Waals surface area contributed by atoms with Crippen molar-refractivity contribution in [1.82, 2.24) is 9.55 Å². The molecule has 0 aliphatic carbocycles. The van der Waals surface area contributed by atoms with Gasteiger partial charge in [0, 0.05) is 13.5 Å². The second kappa shape index (κ2) is 8.82. The van der Waals surface area contributed by atoms with E-state index in [-0.39, 0.29) is 30.4 Å². The molecule has 3 N–H and O–H groups in total. The predicted octanol–water partition coefficient (Wildman–Crippen LogP) is 2.38. The largest absolute Gasteiger partial charge is 0.383 e. The lowest BCUT2D eigenvalue weighted by atomic mass is 10.0. The summed E-state index contributed by atoms with van der Waals surface area (Å²) in [5.74, 6) is -0.285. The van der Waals surface area contributed by atoms with Gasteiger partial charge in [-0.05, 0) is 37.0 Å². The molecule has 0 spiro atoms. The van der Waals surface area contributed by atoms with Crippen LogP contribution >= 0.6 is 0 Å². The summed E-state index contributed by atoms with van der Waals surface area (Å²) in [5, 5.41) is 0. The van der Waals surface area contributed by atoms with Crippen LogP contribution in [0.25, 0.3) is 0 Å². The molecule has 1 heterocycles. The highest BCUT2D eigenvalue weighted by Gasteiger charge is 2.21. The lowest BCUT2D eigenvalue weighted by Gasteiger charge is -2.20. The van der Waals surface area contributed by atoms with Gasteiger partial charge in [-0.25, -0.2) is 4.79 Å². The molecule has 0 radical (unpaired) electrons. The predicted molar refractivity (Wildman–Crippen MR) is 119 cm³/mol. The molecule has 3 aromatic rings. The molecule has 0 aliphatic rings. The van der Waals surface area contributed by atoms with Crippen LogP contribution in [0.2, 0.25) is 0 Å².